The van der Waals surface area contributed by atoms with E-state index in [2.05, 4.69) is 39.8 Å². The molecule has 4 rings (SSSR count). The van der Waals surface area contributed by atoms with Crippen LogP contribution in [0.3, 0.4) is 0 Å². The molecule has 0 saturated carbocycles. The summed E-state index contributed by atoms with van der Waals surface area (Å²) in [6.45, 7) is 3.69. The lowest BCUT2D eigenvalue weighted by Crippen LogP contribution is -2.33. The molecular weight excluding hydrogens is 276 g/mol. The van der Waals surface area contributed by atoms with Gasteiger partial charge in [-0.15, -0.1) is 5.10 Å². The fourth-order valence-corrected chi connectivity index (χ4v) is 2.88. The molecule has 1 aliphatic heterocycles. The zero-order chi connectivity index (χ0) is 14.9. The molecule has 3 aromatic rings. The van der Waals surface area contributed by atoms with Crippen molar-refractivity contribution in [2.45, 2.75) is 32.5 Å². The van der Waals surface area contributed by atoms with E-state index < -0.39 is 0 Å². The highest BCUT2D eigenvalue weighted by Crippen LogP contribution is 2.18. The van der Waals surface area contributed by atoms with Gasteiger partial charge in [0.2, 0.25) is 0 Å². The fourth-order valence-electron chi connectivity index (χ4n) is 2.88. The summed E-state index contributed by atoms with van der Waals surface area (Å²) in [5, 5.41) is 16.5. The Hall–Kier alpha value is -2.47. The Morgan fingerprint density at radius 1 is 1.23 bits per heavy atom. The lowest BCUT2D eigenvalue weighted by atomic mass is 10.1. The third kappa shape index (κ3) is 2.31. The highest BCUT2D eigenvalue weighted by Gasteiger charge is 2.22. The second-order valence-corrected chi connectivity index (χ2v) is 5.71. The number of nitrogens with zero attached hydrogens (tertiary/aromatic N) is 5. The smallest absolute Gasteiger partial charge is 0.154 e. The maximum atomic E-state index is 4.45. The Labute approximate surface area is 128 Å². The summed E-state index contributed by atoms with van der Waals surface area (Å²) in [4.78, 5) is 0. The maximum absolute atomic E-state index is 4.45. The molecule has 0 amide bonds. The lowest BCUT2D eigenvalue weighted by Gasteiger charge is -2.20. The van der Waals surface area contributed by atoms with Gasteiger partial charge in [-0.3, -0.25) is 0 Å². The molecule has 0 radical (unpaired) electrons. The molecule has 6 nitrogen and oxygen atoms in total. The fraction of sp³-hybridized carbons (Fsp3) is 0.312. The van der Waals surface area contributed by atoms with Crippen molar-refractivity contribution in [1.29, 1.82) is 0 Å². The van der Waals surface area contributed by atoms with Crippen molar-refractivity contribution >= 4 is 0 Å². The highest BCUT2D eigenvalue weighted by atomic mass is 15.5. The highest BCUT2D eigenvalue weighted by molar-refractivity contribution is 5.28. The molecule has 22 heavy (non-hydrogen) atoms. The monoisotopic (exact) mass is 294 g/mol. The van der Waals surface area contributed by atoms with Crippen LogP contribution in [0.25, 0.3) is 5.82 Å². The van der Waals surface area contributed by atoms with Crippen molar-refractivity contribution in [3.63, 3.8) is 0 Å². The van der Waals surface area contributed by atoms with Crippen LogP contribution in [-0.2, 0) is 19.5 Å². The molecule has 112 valence electrons. The first-order valence-electron chi connectivity index (χ1n) is 7.54. The Balaban J connectivity index is 1.70. The summed E-state index contributed by atoms with van der Waals surface area (Å²) in [6.07, 6.45) is 2.75. The van der Waals surface area contributed by atoms with Crippen LogP contribution in [0.2, 0.25) is 0 Å². The van der Waals surface area contributed by atoms with Crippen LogP contribution in [0.5, 0.6) is 0 Å². The average molecular weight is 294 g/mol. The van der Waals surface area contributed by atoms with Gasteiger partial charge < -0.3 is 5.32 Å². The summed E-state index contributed by atoms with van der Waals surface area (Å²) in [7, 11) is 0. The molecule has 1 aliphatic rings. The van der Waals surface area contributed by atoms with E-state index >= 15 is 0 Å². The summed E-state index contributed by atoms with van der Waals surface area (Å²) < 4.78 is 3.90. The minimum absolute atomic E-state index is 0.440. The van der Waals surface area contributed by atoms with Gasteiger partial charge in [0.15, 0.2) is 5.82 Å². The van der Waals surface area contributed by atoms with E-state index in [1.807, 2.05) is 39.8 Å². The van der Waals surface area contributed by atoms with Crippen molar-refractivity contribution in [2.24, 2.45) is 0 Å². The van der Waals surface area contributed by atoms with Crippen LogP contribution in [0.4, 0.5) is 0 Å². The first kappa shape index (κ1) is 13.2. The summed E-state index contributed by atoms with van der Waals surface area (Å²) in [6, 6.07) is 12.8. The van der Waals surface area contributed by atoms with E-state index in [1.54, 1.807) is 0 Å². The number of rotatable bonds is 3. The molecule has 2 aromatic heterocycles. The van der Waals surface area contributed by atoms with Gasteiger partial charge in [0.1, 0.15) is 5.69 Å². The van der Waals surface area contributed by atoms with Crippen LogP contribution in [0.15, 0.2) is 42.6 Å². The normalized spacial score (nSPS) is 17.4. The van der Waals surface area contributed by atoms with Crippen LogP contribution >= 0.6 is 0 Å². The molecular formula is C16H18N6. The van der Waals surface area contributed by atoms with Gasteiger partial charge in [-0.2, -0.15) is 9.78 Å². The van der Waals surface area contributed by atoms with Gasteiger partial charge >= 0.3 is 0 Å². The van der Waals surface area contributed by atoms with E-state index in [-0.39, 0.29) is 0 Å². The first-order chi connectivity index (χ1) is 10.8. The van der Waals surface area contributed by atoms with Crippen molar-refractivity contribution < 1.29 is 0 Å². The largest absolute Gasteiger partial charge is 0.308 e. The van der Waals surface area contributed by atoms with Crippen molar-refractivity contribution in [3.05, 3.63) is 59.5 Å². The molecule has 1 unspecified atom stereocenters. The predicted molar refractivity (Wildman–Crippen MR) is 82.7 cm³/mol. The van der Waals surface area contributed by atoms with Gasteiger partial charge in [-0.25, -0.2) is 4.68 Å². The van der Waals surface area contributed by atoms with Gasteiger partial charge in [-0.1, -0.05) is 35.5 Å². The molecule has 0 bridgehead atoms. The Morgan fingerprint density at radius 3 is 2.95 bits per heavy atom. The second-order valence-electron chi connectivity index (χ2n) is 5.71. The number of fused-ring (bicyclic) bond motifs is 1. The molecule has 0 spiro atoms. The van der Waals surface area contributed by atoms with E-state index in [1.165, 1.54) is 11.3 Å². The molecule has 0 fully saturated rings. The summed E-state index contributed by atoms with van der Waals surface area (Å²) >= 11 is 0. The topological polar surface area (TPSA) is 60.6 Å². The van der Waals surface area contributed by atoms with Crippen LogP contribution < -0.4 is 5.32 Å². The van der Waals surface area contributed by atoms with Gasteiger partial charge in [0, 0.05) is 25.1 Å². The van der Waals surface area contributed by atoms with Gasteiger partial charge in [0.25, 0.3) is 0 Å². The summed E-state index contributed by atoms with van der Waals surface area (Å²) in [5.41, 5.74) is 3.43. The van der Waals surface area contributed by atoms with Crippen LogP contribution in [-0.4, -0.2) is 30.8 Å². The van der Waals surface area contributed by atoms with E-state index in [0.717, 1.165) is 31.0 Å². The first-order valence-corrected chi connectivity index (χ1v) is 7.54. The number of nitrogens with one attached hydrogen (secondary N) is 1. The zero-order valence-corrected chi connectivity index (χ0v) is 12.5. The zero-order valence-electron chi connectivity index (χ0n) is 12.5. The predicted octanol–water partition coefficient (Wildman–Crippen LogP) is 1.55. The average Bonchev–Trinajstić information content (AvgIpc) is 3.14. The maximum Gasteiger partial charge on any atom is 0.154 e. The lowest BCUT2D eigenvalue weighted by molar-refractivity contribution is 0.495. The Morgan fingerprint density at radius 2 is 2.09 bits per heavy atom. The standard InChI is InChI=1S/C16H18N6/c1-12-9-15-14(10-17-12)19-20-22(15)16-7-8-18-21(16)11-13-5-3-2-4-6-13/h2-8,12,17H,9-11H2,1H3. The molecule has 1 aromatic carbocycles. The van der Waals surface area contributed by atoms with Gasteiger partial charge in [-0.05, 0) is 12.5 Å². The Kier molecular flexibility index (Phi) is 3.23. The van der Waals surface area contributed by atoms with E-state index in [0.29, 0.717) is 6.04 Å². The van der Waals surface area contributed by atoms with Crippen molar-refractivity contribution in [2.75, 3.05) is 0 Å². The van der Waals surface area contributed by atoms with E-state index in [4.69, 9.17) is 0 Å². The third-order valence-electron chi connectivity index (χ3n) is 4.05. The van der Waals surface area contributed by atoms with Crippen molar-refractivity contribution in [1.82, 2.24) is 30.1 Å². The summed E-state index contributed by atoms with van der Waals surface area (Å²) in [5.74, 6) is 0.965. The number of aromatic nitrogens is 5. The quantitative estimate of drug-likeness (QED) is 0.796. The number of hydrogen-bond donors (Lipinski definition) is 1. The molecule has 3 heterocycles. The number of hydrogen-bond acceptors (Lipinski definition) is 4. The minimum atomic E-state index is 0.440. The van der Waals surface area contributed by atoms with Gasteiger partial charge in [0.05, 0.1) is 18.4 Å². The molecule has 6 heteroatoms. The molecule has 0 aliphatic carbocycles. The molecule has 1 atom stereocenters. The minimum Gasteiger partial charge on any atom is -0.308 e. The second kappa shape index (κ2) is 5.38. The molecule has 1 N–H and O–H groups in total. The van der Waals surface area contributed by atoms with Crippen LogP contribution in [0, 0.1) is 0 Å². The molecule has 0 saturated heterocycles. The third-order valence-corrected chi connectivity index (χ3v) is 4.05. The number of benzene rings is 1. The van der Waals surface area contributed by atoms with E-state index in [9.17, 15) is 0 Å². The SMILES string of the molecule is CC1Cc2c(nnn2-c2ccnn2Cc2ccccc2)CN1. The van der Waals surface area contributed by atoms with Crippen molar-refractivity contribution in [3.8, 4) is 5.82 Å². The van der Waals surface area contributed by atoms with Crippen LogP contribution in [0.1, 0.15) is 23.9 Å². The Bertz CT molecular complexity index is 773.